The molecule has 1 aromatic heterocycles. The summed E-state index contributed by atoms with van der Waals surface area (Å²) in [5, 5.41) is 3.09. The normalized spacial score (nSPS) is 12.8. The molecule has 0 saturated heterocycles. The lowest BCUT2D eigenvalue weighted by molar-refractivity contribution is -0.00519. The van der Waals surface area contributed by atoms with E-state index in [0.717, 1.165) is 13.0 Å². The number of rotatable bonds is 10. The van der Waals surface area contributed by atoms with Crippen LogP contribution in [0.5, 0.6) is 0 Å². The van der Waals surface area contributed by atoms with Gasteiger partial charge in [-0.3, -0.25) is 0 Å². The largest absolute Gasteiger partial charge is 0.447 e. The van der Waals surface area contributed by atoms with Gasteiger partial charge in [0.1, 0.15) is 5.76 Å². The van der Waals surface area contributed by atoms with Crippen LogP contribution in [-0.2, 0) is 21.3 Å². The minimum absolute atomic E-state index is 0.0666. The van der Waals surface area contributed by atoms with Crippen LogP contribution < -0.4 is 10.0 Å². The van der Waals surface area contributed by atoms with E-state index in [4.69, 9.17) is 9.15 Å². The lowest BCUT2D eigenvalue weighted by atomic mass is 10.1. The number of ether oxygens (including phenoxy) is 1. The summed E-state index contributed by atoms with van der Waals surface area (Å²) in [5.41, 5.74) is -0.556. The number of hydrogen-bond acceptors (Lipinski definition) is 5. The third kappa shape index (κ3) is 6.17. The highest BCUT2D eigenvalue weighted by molar-refractivity contribution is 7.89. The van der Waals surface area contributed by atoms with Crippen LogP contribution in [0, 0.1) is 0 Å². The first-order valence-corrected chi connectivity index (χ1v) is 8.72. The van der Waals surface area contributed by atoms with E-state index in [-0.39, 0.29) is 11.6 Å². The van der Waals surface area contributed by atoms with Gasteiger partial charge in [0, 0.05) is 13.2 Å². The molecular formula is C14H26N2O4S. The number of furan rings is 1. The summed E-state index contributed by atoms with van der Waals surface area (Å²) in [6.07, 6.45) is 1.01. The molecule has 0 fully saturated rings. The fourth-order valence-electron chi connectivity index (χ4n) is 1.77. The molecule has 2 N–H and O–H groups in total. The molecule has 7 heteroatoms. The minimum atomic E-state index is -3.65. The highest BCUT2D eigenvalue weighted by Crippen LogP contribution is 2.15. The van der Waals surface area contributed by atoms with Gasteiger partial charge in [-0.2, -0.15) is 0 Å². The van der Waals surface area contributed by atoms with Crippen molar-refractivity contribution >= 4 is 10.0 Å². The molecule has 0 aromatic carbocycles. The van der Waals surface area contributed by atoms with Crippen molar-refractivity contribution in [3.63, 3.8) is 0 Å². The molecule has 6 nitrogen and oxygen atoms in total. The Labute approximate surface area is 127 Å². The minimum Gasteiger partial charge on any atom is -0.447 e. The molecule has 0 unspecified atom stereocenters. The Morgan fingerprint density at radius 2 is 2.00 bits per heavy atom. The first-order chi connectivity index (χ1) is 9.80. The summed E-state index contributed by atoms with van der Waals surface area (Å²) < 4.78 is 37.6. The first kappa shape index (κ1) is 18.2. The fourth-order valence-corrected chi connectivity index (χ4v) is 2.91. The van der Waals surface area contributed by atoms with Gasteiger partial charge in [0.15, 0.2) is 0 Å². The summed E-state index contributed by atoms with van der Waals surface area (Å²) in [7, 11) is -3.65. The lowest BCUT2D eigenvalue weighted by Gasteiger charge is -2.24. The van der Waals surface area contributed by atoms with Gasteiger partial charge >= 0.3 is 0 Å². The number of nitrogens with one attached hydrogen (secondary N) is 2. The van der Waals surface area contributed by atoms with Gasteiger partial charge in [0.25, 0.3) is 10.0 Å². The van der Waals surface area contributed by atoms with Gasteiger partial charge in [-0.1, -0.05) is 6.92 Å². The lowest BCUT2D eigenvalue weighted by Crippen LogP contribution is -2.40. The zero-order chi connectivity index (χ0) is 15.9. The van der Waals surface area contributed by atoms with Crippen molar-refractivity contribution in [1.29, 1.82) is 0 Å². The van der Waals surface area contributed by atoms with Gasteiger partial charge in [0.2, 0.25) is 5.09 Å². The zero-order valence-corrected chi connectivity index (χ0v) is 14.0. The van der Waals surface area contributed by atoms with Crippen molar-refractivity contribution in [2.75, 3.05) is 19.7 Å². The molecule has 0 spiro atoms. The quantitative estimate of drug-likeness (QED) is 0.644. The van der Waals surface area contributed by atoms with Crippen LogP contribution in [0.2, 0.25) is 0 Å². The average Bonchev–Trinajstić information content (AvgIpc) is 2.87. The van der Waals surface area contributed by atoms with Crippen LogP contribution in [0.4, 0.5) is 0 Å². The summed E-state index contributed by atoms with van der Waals surface area (Å²) in [6.45, 7) is 9.71. The molecule has 21 heavy (non-hydrogen) atoms. The highest BCUT2D eigenvalue weighted by Gasteiger charge is 2.24. The van der Waals surface area contributed by atoms with Crippen LogP contribution in [0.3, 0.4) is 0 Å². The van der Waals surface area contributed by atoms with E-state index in [1.807, 2.05) is 20.8 Å². The Morgan fingerprint density at radius 1 is 1.29 bits per heavy atom. The second-order valence-electron chi connectivity index (χ2n) is 5.41. The van der Waals surface area contributed by atoms with Crippen LogP contribution in [-0.4, -0.2) is 33.7 Å². The van der Waals surface area contributed by atoms with E-state index in [1.54, 1.807) is 6.07 Å². The molecule has 122 valence electrons. The van der Waals surface area contributed by atoms with Crippen molar-refractivity contribution in [2.24, 2.45) is 0 Å². The Bertz CT molecular complexity index is 523. The summed E-state index contributed by atoms with van der Waals surface area (Å²) in [4.78, 5) is 0. The van der Waals surface area contributed by atoms with E-state index < -0.39 is 15.6 Å². The highest BCUT2D eigenvalue weighted by atomic mass is 32.2. The predicted molar refractivity (Wildman–Crippen MR) is 81.6 cm³/mol. The van der Waals surface area contributed by atoms with Gasteiger partial charge in [-0.25, -0.2) is 13.1 Å². The standard InChI is InChI=1S/C14H26N2O4S/c1-5-9-15-10-12-7-8-13(20-12)21(17,18)16-11-14(3,4)19-6-2/h7-8,15-16H,5-6,9-11H2,1-4H3. The Balaban J connectivity index is 2.62. The maximum Gasteiger partial charge on any atom is 0.274 e. The molecule has 0 aliphatic heterocycles. The average molecular weight is 318 g/mol. The van der Waals surface area contributed by atoms with Gasteiger partial charge < -0.3 is 14.5 Å². The Kier molecular flexibility index (Phi) is 6.86. The first-order valence-electron chi connectivity index (χ1n) is 7.24. The van der Waals surface area contributed by atoms with Crippen molar-refractivity contribution in [3.8, 4) is 0 Å². The van der Waals surface area contributed by atoms with Crippen molar-refractivity contribution in [2.45, 2.75) is 51.4 Å². The molecule has 1 aromatic rings. The maximum atomic E-state index is 12.1. The van der Waals surface area contributed by atoms with Crippen molar-refractivity contribution in [1.82, 2.24) is 10.0 Å². The van der Waals surface area contributed by atoms with Crippen LogP contribution in [0.15, 0.2) is 21.6 Å². The van der Waals surface area contributed by atoms with Crippen molar-refractivity contribution < 1.29 is 17.6 Å². The van der Waals surface area contributed by atoms with E-state index in [1.165, 1.54) is 6.07 Å². The van der Waals surface area contributed by atoms with E-state index in [2.05, 4.69) is 17.0 Å². The SMILES string of the molecule is CCCNCc1ccc(S(=O)(=O)NCC(C)(C)OCC)o1. The molecule has 0 aliphatic carbocycles. The smallest absolute Gasteiger partial charge is 0.274 e. The molecule has 0 saturated carbocycles. The molecule has 0 amide bonds. The monoisotopic (exact) mass is 318 g/mol. The molecule has 0 bridgehead atoms. The fraction of sp³-hybridized carbons (Fsp3) is 0.714. The van der Waals surface area contributed by atoms with E-state index in [9.17, 15) is 8.42 Å². The molecule has 1 rings (SSSR count). The Hall–Kier alpha value is -0.890. The van der Waals surface area contributed by atoms with Crippen LogP contribution in [0.1, 0.15) is 39.9 Å². The summed E-state index contributed by atoms with van der Waals surface area (Å²) in [6, 6.07) is 3.14. The third-order valence-corrected chi connectivity index (χ3v) is 4.12. The van der Waals surface area contributed by atoms with Crippen LogP contribution in [0.25, 0.3) is 0 Å². The molecule has 0 atom stereocenters. The maximum absolute atomic E-state index is 12.1. The number of sulfonamides is 1. The summed E-state index contributed by atoms with van der Waals surface area (Å²) >= 11 is 0. The second-order valence-corrected chi connectivity index (χ2v) is 7.11. The molecule has 0 aliphatic rings. The molecule has 1 heterocycles. The van der Waals surface area contributed by atoms with E-state index in [0.29, 0.717) is 18.9 Å². The van der Waals surface area contributed by atoms with Crippen molar-refractivity contribution in [3.05, 3.63) is 17.9 Å². The number of hydrogen-bond donors (Lipinski definition) is 2. The van der Waals surface area contributed by atoms with Crippen LogP contribution >= 0.6 is 0 Å². The Morgan fingerprint density at radius 3 is 2.62 bits per heavy atom. The molecular weight excluding hydrogens is 292 g/mol. The summed E-state index contributed by atoms with van der Waals surface area (Å²) in [5.74, 6) is 0.605. The topological polar surface area (TPSA) is 80.6 Å². The predicted octanol–water partition coefficient (Wildman–Crippen LogP) is 1.87. The van der Waals surface area contributed by atoms with Gasteiger partial charge in [0.05, 0.1) is 12.1 Å². The van der Waals surface area contributed by atoms with E-state index >= 15 is 0 Å². The third-order valence-electron chi connectivity index (χ3n) is 2.85. The second kappa shape index (κ2) is 7.93. The van der Waals surface area contributed by atoms with Gasteiger partial charge in [-0.05, 0) is 45.9 Å². The molecule has 0 radical (unpaired) electrons. The van der Waals surface area contributed by atoms with Gasteiger partial charge in [-0.15, -0.1) is 0 Å². The zero-order valence-electron chi connectivity index (χ0n) is 13.2.